The van der Waals surface area contributed by atoms with Gasteiger partial charge in [-0.05, 0) is 38.8 Å². The van der Waals surface area contributed by atoms with E-state index in [9.17, 15) is 35.6 Å². The minimum atomic E-state index is -5.00. The van der Waals surface area contributed by atoms with Gasteiger partial charge in [-0.3, -0.25) is 0 Å². The van der Waals surface area contributed by atoms with E-state index in [1.165, 1.54) is 6.07 Å². The fraction of sp³-hybridized carbons (Fsp3) is 0.500. The van der Waals surface area contributed by atoms with Gasteiger partial charge in [0.05, 0.1) is 22.2 Å². The zero-order chi connectivity index (χ0) is 28.3. The van der Waals surface area contributed by atoms with Crippen LogP contribution in [0.3, 0.4) is 0 Å². The lowest BCUT2D eigenvalue weighted by Crippen LogP contribution is -2.54. The topological polar surface area (TPSA) is 137 Å². The molecule has 1 aliphatic heterocycles. The standard InChI is InChI=1S/C22H21F5N8O2S2/c1-10-7-35(8-11(2)29-10)14-6-12(39(36,37)34-21(9-28)3-4-21)5-13-15(14)30-20(22(25,26)27)31-16(13)18-32-33-19(38-18)17(23)24/h5-6,10-11,17,29,34H,3-4,7-8H2,1-2H3/t10-,11-/m0/s1. The predicted octanol–water partition coefficient (Wildman–Crippen LogP) is 3.63. The van der Waals surface area contributed by atoms with Gasteiger partial charge in [0, 0.05) is 30.6 Å². The van der Waals surface area contributed by atoms with E-state index in [0.29, 0.717) is 37.3 Å². The van der Waals surface area contributed by atoms with Crippen molar-refractivity contribution in [1.82, 2.24) is 30.2 Å². The average Bonchev–Trinajstić information content (AvgIpc) is 3.42. The van der Waals surface area contributed by atoms with E-state index in [1.807, 2.05) is 19.9 Å². The maximum atomic E-state index is 13.9. The summed E-state index contributed by atoms with van der Waals surface area (Å²) in [5, 5.41) is 18.5. The van der Waals surface area contributed by atoms with Gasteiger partial charge in [-0.15, -0.1) is 10.2 Å². The number of anilines is 1. The molecule has 1 saturated heterocycles. The Morgan fingerprint density at radius 3 is 2.38 bits per heavy atom. The minimum absolute atomic E-state index is 0.0858. The molecule has 0 radical (unpaired) electrons. The highest BCUT2D eigenvalue weighted by atomic mass is 32.2. The number of nitriles is 1. The number of hydrogen-bond acceptors (Lipinski definition) is 10. The predicted molar refractivity (Wildman–Crippen MR) is 131 cm³/mol. The number of nitrogens with one attached hydrogen (secondary N) is 2. The Bertz CT molecular complexity index is 1570. The first-order valence-electron chi connectivity index (χ1n) is 11.7. The van der Waals surface area contributed by atoms with Crippen LogP contribution >= 0.6 is 11.3 Å². The van der Waals surface area contributed by atoms with Gasteiger partial charge in [0.1, 0.15) is 11.2 Å². The second-order valence-corrected chi connectivity index (χ2v) is 12.3. The molecule has 3 aromatic rings. The van der Waals surface area contributed by atoms with Gasteiger partial charge in [0.25, 0.3) is 6.43 Å². The van der Waals surface area contributed by atoms with Crippen LogP contribution in [-0.2, 0) is 16.2 Å². The lowest BCUT2D eigenvalue weighted by Gasteiger charge is -2.38. The second kappa shape index (κ2) is 9.54. The number of rotatable bonds is 6. The van der Waals surface area contributed by atoms with Crippen LogP contribution < -0.4 is 14.9 Å². The average molecular weight is 589 g/mol. The van der Waals surface area contributed by atoms with Gasteiger partial charge in [-0.1, -0.05) is 11.3 Å². The molecule has 3 heterocycles. The van der Waals surface area contributed by atoms with Gasteiger partial charge >= 0.3 is 6.18 Å². The first kappa shape index (κ1) is 27.5. The van der Waals surface area contributed by atoms with Crippen molar-refractivity contribution in [2.75, 3.05) is 18.0 Å². The largest absolute Gasteiger partial charge is 0.451 e. The van der Waals surface area contributed by atoms with E-state index < -0.39 is 44.7 Å². The highest BCUT2D eigenvalue weighted by molar-refractivity contribution is 7.89. The Morgan fingerprint density at radius 1 is 1.18 bits per heavy atom. The van der Waals surface area contributed by atoms with E-state index in [0.717, 1.165) is 6.07 Å². The number of alkyl halides is 5. The van der Waals surface area contributed by atoms with Crippen LogP contribution in [-0.4, -0.2) is 59.3 Å². The first-order chi connectivity index (χ1) is 18.2. The smallest absolute Gasteiger partial charge is 0.367 e. The van der Waals surface area contributed by atoms with Crippen molar-refractivity contribution >= 4 is 38.0 Å². The molecule has 2 atom stereocenters. The number of aromatic nitrogens is 4. The summed E-state index contributed by atoms with van der Waals surface area (Å²) in [5.41, 5.74) is -1.88. The molecule has 5 rings (SSSR count). The zero-order valence-electron chi connectivity index (χ0n) is 20.4. The van der Waals surface area contributed by atoms with Gasteiger partial charge < -0.3 is 10.2 Å². The first-order valence-corrected chi connectivity index (χ1v) is 14.0. The zero-order valence-corrected chi connectivity index (χ0v) is 22.1. The summed E-state index contributed by atoms with van der Waals surface area (Å²) in [7, 11) is -4.34. The van der Waals surface area contributed by atoms with Crippen molar-refractivity contribution in [3.05, 3.63) is 23.0 Å². The van der Waals surface area contributed by atoms with E-state index in [-0.39, 0.29) is 38.6 Å². The number of halogens is 5. The van der Waals surface area contributed by atoms with Gasteiger partial charge in [0.15, 0.2) is 10.0 Å². The van der Waals surface area contributed by atoms with Crippen LogP contribution in [0.2, 0.25) is 0 Å². The van der Waals surface area contributed by atoms with Crippen molar-refractivity contribution in [3.8, 4) is 16.8 Å². The Labute approximate surface area is 223 Å². The van der Waals surface area contributed by atoms with Crippen molar-refractivity contribution in [1.29, 1.82) is 5.26 Å². The Kier molecular flexibility index (Phi) is 6.72. The van der Waals surface area contributed by atoms with Crippen LogP contribution in [0, 0.1) is 11.3 Å². The summed E-state index contributed by atoms with van der Waals surface area (Å²) < 4.78 is 97.3. The van der Waals surface area contributed by atoms with Crippen molar-refractivity contribution < 1.29 is 30.4 Å². The Hall–Kier alpha value is -3.07. The normalized spacial score (nSPS) is 21.4. The number of sulfonamides is 1. The summed E-state index contributed by atoms with van der Waals surface area (Å²) in [6.07, 6.45) is -7.41. The van der Waals surface area contributed by atoms with Crippen molar-refractivity contribution in [2.24, 2.45) is 0 Å². The number of fused-ring (bicyclic) bond motifs is 1. The van der Waals surface area contributed by atoms with Gasteiger partial charge in [0.2, 0.25) is 15.8 Å². The highest BCUT2D eigenvalue weighted by Crippen LogP contribution is 2.41. The highest BCUT2D eigenvalue weighted by Gasteiger charge is 2.47. The van der Waals surface area contributed by atoms with E-state index in [1.54, 1.807) is 4.90 Å². The molecule has 208 valence electrons. The molecule has 10 nitrogen and oxygen atoms in total. The molecule has 0 bridgehead atoms. The quantitative estimate of drug-likeness (QED) is 0.414. The third-order valence-electron chi connectivity index (χ3n) is 6.34. The lowest BCUT2D eigenvalue weighted by molar-refractivity contribution is -0.144. The molecule has 0 spiro atoms. The molecule has 2 aromatic heterocycles. The molecular weight excluding hydrogens is 567 g/mol. The molecule has 17 heteroatoms. The van der Waals surface area contributed by atoms with E-state index in [2.05, 4.69) is 30.2 Å². The maximum Gasteiger partial charge on any atom is 0.451 e. The molecule has 1 aliphatic carbocycles. The molecule has 1 aromatic carbocycles. The summed E-state index contributed by atoms with van der Waals surface area (Å²) in [6.45, 7) is 4.36. The number of nitrogens with zero attached hydrogens (tertiary/aromatic N) is 6. The van der Waals surface area contributed by atoms with Crippen LogP contribution in [0.5, 0.6) is 0 Å². The number of hydrogen-bond donors (Lipinski definition) is 2. The molecule has 2 aliphatic rings. The van der Waals surface area contributed by atoms with Crippen LogP contribution in [0.25, 0.3) is 21.6 Å². The molecule has 1 saturated carbocycles. The van der Waals surface area contributed by atoms with E-state index in [4.69, 9.17) is 0 Å². The molecule has 2 N–H and O–H groups in total. The Morgan fingerprint density at radius 2 is 1.85 bits per heavy atom. The molecule has 39 heavy (non-hydrogen) atoms. The molecule has 0 unspecified atom stereocenters. The van der Waals surface area contributed by atoms with Crippen LogP contribution in [0.1, 0.15) is 43.9 Å². The van der Waals surface area contributed by atoms with Crippen LogP contribution in [0.15, 0.2) is 17.0 Å². The van der Waals surface area contributed by atoms with Gasteiger partial charge in [-0.25, -0.2) is 27.2 Å². The van der Waals surface area contributed by atoms with Gasteiger partial charge in [-0.2, -0.15) is 23.2 Å². The Balaban J connectivity index is 1.80. The molecule has 2 fully saturated rings. The lowest BCUT2D eigenvalue weighted by atomic mass is 10.1. The second-order valence-electron chi connectivity index (χ2n) is 9.65. The van der Waals surface area contributed by atoms with E-state index >= 15 is 0 Å². The van der Waals surface area contributed by atoms with Crippen LogP contribution in [0.4, 0.5) is 27.6 Å². The number of piperazine rings is 1. The minimum Gasteiger partial charge on any atom is -0.367 e. The number of benzene rings is 1. The third-order valence-corrected chi connectivity index (χ3v) is 8.79. The summed E-state index contributed by atoms with van der Waals surface area (Å²) in [4.78, 5) is 8.73. The molecule has 0 amide bonds. The third kappa shape index (κ3) is 5.38. The SMILES string of the molecule is C[C@H]1CN(c2cc(S(=O)(=O)NC3(C#N)CC3)cc3c(-c4nnc(C(F)F)s4)nc(C(F)(F)F)nc23)C[C@H](C)N1. The van der Waals surface area contributed by atoms with Crippen molar-refractivity contribution in [2.45, 2.75) is 61.8 Å². The fourth-order valence-corrected chi connectivity index (χ4v) is 6.62. The summed E-state index contributed by atoms with van der Waals surface area (Å²) in [5.74, 6) is -1.54. The fourth-order valence-electron chi connectivity index (χ4n) is 4.49. The molecular formula is C22H21F5N8O2S2. The van der Waals surface area contributed by atoms with Crippen molar-refractivity contribution in [3.63, 3.8) is 0 Å². The summed E-state index contributed by atoms with van der Waals surface area (Å²) >= 11 is 0.346. The monoisotopic (exact) mass is 588 g/mol. The maximum absolute atomic E-state index is 13.9. The summed E-state index contributed by atoms with van der Waals surface area (Å²) in [6, 6.07) is 4.02.